The molecule has 0 saturated heterocycles. The van der Waals surface area contributed by atoms with Gasteiger partial charge in [0.05, 0.1) is 5.92 Å². The lowest BCUT2D eigenvalue weighted by Gasteiger charge is -2.27. The van der Waals surface area contributed by atoms with Crippen molar-refractivity contribution in [1.82, 2.24) is 5.32 Å². The molecular weight excluding hydrogens is 446 g/mol. The van der Waals surface area contributed by atoms with Crippen LogP contribution in [-0.2, 0) is 29.0 Å². The molecule has 0 aliphatic heterocycles. The molecule has 5 rings (SSSR count). The number of hydrogen-bond acceptors (Lipinski definition) is 6. The van der Waals surface area contributed by atoms with Crippen molar-refractivity contribution in [2.24, 2.45) is 5.92 Å². The van der Waals surface area contributed by atoms with E-state index in [1.54, 1.807) is 12.1 Å². The first-order valence-corrected chi connectivity index (χ1v) is 12.3. The fraction of sp³-hybridized carbons (Fsp3) is 0.393. The molecule has 1 amide bonds. The molecular formula is C28H29NO6. The van der Waals surface area contributed by atoms with Crippen LogP contribution in [0, 0.1) is 5.92 Å². The molecule has 2 aliphatic carbocycles. The average molecular weight is 476 g/mol. The minimum absolute atomic E-state index is 0.0246. The number of rotatable bonds is 5. The highest BCUT2D eigenvalue weighted by Gasteiger charge is 2.29. The molecule has 35 heavy (non-hydrogen) atoms. The number of fused-ring (bicyclic) bond motifs is 3. The molecule has 3 aromatic rings. The zero-order valence-electron chi connectivity index (χ0n) is 19.6. The van der Waals surface area contributed by atoms with E-state index >= 15 is 0 Å². The molecule has 182 valence electrons. The Kier molecular flexibility index (Phi) is 6.84. The molecule has 1 aromatic heterocycles. The first-order chi connectivity index (χ1) is 17.1. The number of hydrogen-bond donors (Lipinski definition) is 1. The number of esters is 1. The number of alkyl carbamates (subject to hydrolysis) is 1. The highest BCUT2D eigenvalue weighted by molar-refractivity contribution is 5.84. The number of aryl methyl sites for hydroxylation is 1. The Morgan fingerprint density at radius 3 is 2.46 bits per heavy atom. The Labute approximate surface area is 203 Å². The summed E-state index contributed by atoms with van der Waals surface area (Å²) in [7, 11) is 0. The van der Waals surface area contributed by atoms with Crippen LogP contribution >= 0.6 is 0 Å². The molecule has 7 heteroatoms. The number of carbonyl (C=O) groups excluding carboxylic acids is 2. The molecule has 0 bridgehead atoms. The van der Waals surface area contributed by atoms with Crippen molar-refractivity contribution in [3.8, 4) is 5.75 Å². The molecule has 1 N–H and O–H groups in total. The lowest BCUT2D eigenvalue weighted by atomic mass is 9.86. The summed E-state index contributed by atoms with van der Waals surface area (Å²) in [6.45, 7) is 0.225. The van der Waals surface area contributed by atoms with Gasteiger partial charge in [0.15, 0.2) is 0 Å². The summed E-state index contributed by atoms with van der Waals surface area (Å²) in [4.78, 5) is 37.2. The fourth-order valence-electron chi connectivity index (χ4n) is 5.09. The van der Waals surface area contributed by atoms with Crippen molar-refractivity contribution in [1.29, 1.82) is 0 Å². The van der Waals surface area contributed by atoms with Crippen LogP contribution in [0.15, 0.2) is 57.7 Å². The number of benzene rings is 2. The number of carbonyl (C=O) groups is 2. The van der Waals surface area contributed by atoms with E-state index < -0.39 is 6.09 Å². The summed E-state index contributed by atoms with van der Waals surface area (Å²) >= 11 is 0. The van der Waals surface area contributed by atoms with Crippen molar-refractivity contribution in [3.63, 3.8) is 0 Å². The van der Waals surface area contributed by atoms with Gasteiger partial charge in [0.25, 0.3) is 0 Å². The van der Waals surface area contributed by atoms with Gasteiger partial charge in [0.2, 0.25) is 0 Å². The van der Waals surface area contributed by atoms with Gasteiger partial charge in [0.1, 0.15) is 17.9 Å². The predicted octanol–water partition coefficient (Wildman–Crippen LogP) is 5.06. The maximum absolute atomic E-state index is 12.8. The second-order valence-corrected chi connectivity index (χ2v) is 9.39. The van der Waals surface area contributed by atoms with Gasteiger partial charge in [-0.15, -0.1) is 0 Å². The summed E-state index contributed by atoms with van der Waals surface area (Å²) < 4.78 is 16.5. The third-order valence-corrected chi connectivity index (χ3v) is 7.01. The van der Waals surface area contributed by atoms with E-state index in [9.17, 15) is 14.4 Å². The van der Waals surface area contributed by atoms with E-state index in [1.807, 2.05) is 36.4 Å². The predicted molar refractivity (Wildman–Crippen MR) is 130 cm³/mol. The normalized spacial score (nSPS) is 19.5. The van der Waals surface area contributed by atoms with Gasteiger partial charge in [-0.3, -0.25) is 4.79 Å². The number of nitrogens with one attached hydrogen (secondary N) is 1. The molecule has 0 spiro atoms. The zero-order valence-corrected chi connectivity index (χ0v) is 19.6. The van der Waals surface area contributed by atoms with Gasteiger partial charge in [-0.1, -0.05) is 30.3 Å². The van der Waals surface area contributed by atoms with Crippen LogP contribution in [0.25, 0.3) is 11.0 Å². The molecule has 1 saturated carbocycles. The monoisotopic (exact) mass is 475 g/mol. The van der Waals surface area contributed by atoms with Crippen molar-refractivity contribution in [2.75, 3.05) is 0 Å². The maximum atomic E-state index is 12.8. The van der Waals surface area contributed by atoms with E-state index in [2.05, 4.69) is 5.32 Å². The first-order valence-electron chi connectivity index (χ1n) is 12.3. The maximum Gasteiger partial charge on any atom is 0.407 e. The second-order valence-electron chi connectivity index (χ2n) is 9.39. The smallest absolute Gasteiger partial charge is 0.407 e. The Morgan fingerprint density at radius 2 is 1.69 bits per heavy atom. The summed E-state index contributed by atoms with van der Waals surface area (Å²) in [6, 6.07) is 14.8. The molecule has 1 heterocycles. The van der Waals surface area contributed by atoms with Crippen molar-refractivity contribution < 1.29 is 23.5 Å². The van der Waals surface area contributed by atoms with Gasteiger partial charge in [-0.25, -0.2) is 9.59 Å². The molecule has 7 nitrogen and oxygen atoms in total. The Morgan fingerprint density at radius 1 is 0.943 bits per heavy atom. The van der Waals surface area contributed by atoms with Crippen molar-refractivity contribution in [3.05, 3.63) is 75.6 Å². The van der Waals surface area contributed by atoms with Crippen LogP contribution in [0.4, 0.5) is 4.79 Å². The Bertz CT molecular complexity index is 1270. The zero-order chi connectivity index (χ0) is 24.2. The lowest BCUT2D eigenvalue weighted by molar-refractivity contribution is -0.140. The Hall–Kier alpha value is -3.61. The van der Waals surface area contributed by atoms with Crippen molar-refractivity contribution in [2.45, 2.75) is 64.0 Å². The van der Waals surface area contributed by atoms with Gasteiger partial charge >= 0.3 is 17.7 Å². The fourth-order valence-corrected chi connectivity index (χ4v) is 5.09. The second kappa shape index (κ2) is 10.3. The number of ether oxygens (including phenoxy) is 2. The van der Waals surface area contributed by atoms with Crippen LogP contribution < -0.4 is 15.7 Å². The van der Waals surface area contributed by atoms with Gasteiger partial charge in [-0.05, 0) is 74.6 Å². The van der Waals surface area contributed by atoms with Gasteiger partial charge in [0, 0.05) is 23.1 Å². The number of amides is 1. The van der Waals surface area contributed by atoms with E-state index in [0.29, 0.717) is 37.0 Å². The van der Waals surface area contributed by atoms with Crippen molar-refractivity contribution >= 4 is 23.0 Å². The van der Waals surface area contributed by atoms with E-state index in [1.165, 1.54) is 0 Å². The lowest BCUT2D eigenvalue weighted by Crippen LogP contribution is -2.39. The first kappa shape index (κ1) is 23.1. The largest absolute Gasteiger partial charge is 0.445 e. The van der Waals surface area contributed by atoms with E-state index in [0.717, 1.165) is 47.8 Å². The molecule has 1 fully saturated rings. The third-order valence-electron chi connectivity index (χ3n) is 7.01. The molecule has 2 aromatic carbocycles. The molecule has 0 radical (unpaired) electrons. The standard InChI is InChI=1S/C28H29NO6/c30-26(19-10-12-20(13-11-19)29-28(32)33-17-18-6-2-1-3-7-18)34-21-14-15-23-22-8-4-5-9-24(22)27(31)35-25(23)16-21/h1-3,6-7,14-16,19-20H,4-5,8-13,17H2,(H,29,32). The van der Waals surface area contributed by atoms with Crippen LogP contribution in [0.2, 0.25) is 0 Å². The highest BCUT2D eigenvalue weighted by Crippen LogP contribution is 2.31. The average Bonchev–Trinajstić information content (AvgIpc) is 2.88. The minimum Gasteiger partial charge on any atom is -0.445 e. The molecule has 2 aliphatic rings. The SMILES string of the molecule is O=C(NC1CCC(C(=O)Oc2ccc3c4c(c(=O)oc3c2)CCCC4)CC1)OCc1ccccc1. The van der Waals surface area contributed by atoms with Gasteiger partial charge in [-0.2, -0.15) is 0 Å². The van der Waals surface area contributed by atoms with Crippen LogP contribution in [-0.4, -0.2) is 18.1 Å². The van der Waals surface area contributed by atoms with Crippen LogP contribution in [0.3, 0.4) is 0 Å². The quantitative estimate of drug-likeness (QED) is 0.315. The van der Waals surface area contributed by atoms with Crippen LogP contribution in [0.1, 0.15) is 55.2 Å². The topological polar surface area (TPSA) is 94.8 Å². The Balaban J connectivity index is 1.13. The minimum atomic E-state index is -0.445. The third kappa shape index (κ3) is 5.39. The highest BCUT2D eigenvalue weighted by atomic mass is 16.5. The summed E-state index contributed by atoms with van der Waals surface area (Å²) in [5, 5.41) is 3.81. The van der Waals surface area contributed by atoms with Gasteiger partial charge < -0.3 is 19.2 Å². The van der Waals surface area contributed by atoms with E-state index in [4.69, 9.17) is 13.9 Å². The van der Waals surface area contributed by atoms with E-state index in [-0.39, 0.29) is 30.2 Å². The molecule has 0 unspecified atom stereocenters. The summed E-state index contributed by atoms with van der Waals surface area (Å²) in [5.74, 6) is -0.152. The summed E-state index contributed by atoms with van der Waals surface area (Å²) in [5.41, 5.74) is 2.95. The van der Waals surface area contributed by atoms with Crippen LogP contribution in [0.5, 0.6) is 5.75 Å². The summed E-state index contributed by atoms with van der Waals surface area (Å²) in [6.07, 6.45) is 5.85. The molecule has 0 atom stereocenters.